The molecule has 0 radical (unpaired) electrons. The maximum absolute atomic E-state index is 11.0. The van der Waals surface area contributed by atoms with Gasteiger partial charge in [-0.2, -0.15) is 0 Å². The number of nitrogens with two attached hydrogens (primary N) is 1. The second-order valence-electron chi connectivity index (χ2n) is 3.30. The first-order valence-corrected chi connectivity index (χ1v) is 5.50. The standard InChI is InChI=1S/C11H14BrNO2/c1-15-11(14)10(13)6-5-8-3-2-4-9(12)7-8/h2-4,7,10H,5-6,13H2,1H3. The smallest absolute Gasteiger partial charge is 0.322 e. The second kappa shape index (κ2) is 5.88. The summed E-state index contributed by atoms with van der Waals surface area (Å²) in [4.78, 5) is 11.0. The van der Waals surface area contributed by atoms with Crippen molar-refractivity contribution in [1.82, 2.24) is 0 Å². The Labute approximate surface area is 97.7 Å². The van der Waals surface area contributed by atoms with Gasteiger partial charge in [0.05, 0.1) is 7.11 Å². The van der Waals surface area contributed by atoms with Crippen LogP contribution in [0.1, 0.15) is 12.0 Å². The molecule has 0 spiro atoms. The van der Waals surface area contributed by atoms with Crippen LogP contribution in [-0.2, 0) is 16.0 Å². The van der Waals surface area contributed by atoms with E-state index in [0.29, 0.717) is 6.42 Å². The molecule has 4 heteroatoms. The molecule has 0 fully saturated rings. The quantitative estimate of drug-likeness (QED) is 0.851. The third-order valence-corrected chi connectivity index (χ3v) is 2.63. The number of rotatable bonds is 4. The van der Waals surface area contributed by atoms with E-state index in [1.54, 1.807) is 0 Å². The van der Waals surface area contributed by atoms with Gasteiger partial charge in [-0.1, -0.05) is 28.1 Å². The molecule has 1 aromatic carbocycles. The van der Waals surface area contributed by atoms with Crippen molar-refractivity contribution in [2.75, 3.05) is 7.11 Å². The van der Waals surface area contributed by atoms with Gasteiger partial charge in [0.25, 0.3) is 0 Å². The highest BCUT2D eigenvalue weighted by molar-refractivity contribution is 9.10. The Kier molecular flexibility index (Phi) is 4.78. The Bertz CT molecular complexity index is 341. The molecule has 0 aromatic heterocycles. The minimum absolute atomic E-state index is 0.356. The van der Waals surface area contributed by atoms with Crippen molar-refractivity contribution in [3.63, 3.8) is 0 Å². The Morgan fingerprint density at radius 1 is 1.60 bits per heavy atom. The molecular formula is C11H14BrNO2. The summed E-state index contributed by atoms with van der Waals surface area (Å²) < 4.78 is 5.58. The summed E-state index contributed by atoms with van der Waals surface area (Å²) in [6, 6.07) is 7.42. The largest absolute Gasteiger partial charge is 0.468 e. The van der Waals surface area contributed by atoms with Crippen molar-refractivity contribution < 1.29 is 9.53 Å². The van der Waals surface area contributed by atoms with E-state index in [2.05, 4.69) is 20.7 Å². The first kappa shape index (κ1) is 12.2. The summed E-state index contributed by atoms with van der Waals surface area (Å²) in [6.45, 7) is 0. The van der Waals surface area contributed by atoms with Gasteiger partial charge in [-0.05, 0) is 30.5 Å². The molecule has 0 heterocycles. The lowest BCUT2D eigenvalue weighted by Gasteiger charge is -2.08. The molecule has 0 aliphatic rings. The Balaban J connectivity index is 2.47. The summed E-state index contributed by atoms with van der Waals surface area (Å²) in [5.74, 6) is -0.356. The highest BCUT2D eigenvalue weighted by Crippen LogP contribution is 2.13. The zero-order valence-electron chi connectivity index (χ0n) is 8.57. The number of hydrogen-bond donors (Lipinski definition) is 1. The molecule has 0 aliphatic carbocycles. The predicted octanol–water partition coefficient (Wildman–Crippen LogP) is 1.88. The van der Waals surface area contributed by atoms with E-state index in [1.165, 1.54) is 7.11 Å². The minimum atomic E-state index is -0.533. The molecule has 1 aromatic rings. The van der Waals surface area contributed by atoms with E-state index in [0.717, 1.165) is 16.5 Å². The molecule has 1 atom stereocenters. The van der Waals surface area contributed by atoms with Crippen LogP contribution in [-0.4, -0.2) is 19.1 Å². The molecule has 3 nitrogen and oxygen atoms in total. The number of benzene rings is 1. The number of carbonyl (C=O) groups is 1. The summed E-state index contributed by atoms with van der Waals surface area (Å²) in [6.07, 6.45) is 1.37. The molecule has 0 saturated carbocycles. The summed E-state index contributed by atoms with van der Waals surface area (Å²) in [5.41, 5.74) is 6.78. The van der Waals surface area contributed by atoms with Gasteiger partial charge in [0.1, 0.15) is 6.04 Å². The van der Waals surface area contributed by atoms with Gasteiger partial charge in [0, 0.05) is 4.47 Å². The number of carbonyl (C=O) groups excluding carboxylic acids is 1. The molecule has 1 rings (SSSR count). The van der Waals surface area contributed by atoms with Crippen LogP contribution in [0.3, 0.4) is 0 Å². The molecular weight excluding hydrogens is 258 g/mol. The van der Waals surface area contributed by atoms with Crippen LogP contribution in [0.25, 0.3) is 0 Å². The summed E-state index contributed by atoms with van der Waals surface area (Å²) >= 11 is 3.39. The second-order valence-corrected chi connectivity index (χ2v) is 4.21. The van der Waals surface area contributed by atoms with E-state index < -0.39 is 6.04 Å². The van der Waals surface area contributed by atoms with Gasteiger partial charge in [0.15, 0.2) is 0 Å². The SMILES string of the molecule is COC(=O)C(N)CCc1cccc(Br)c1. The fraction of sp³-hybridized carbons (Fsp3) is 0.364. The molecule has 0 amide bonds. The molecule has 2 N–H and O–H groups in total. The van der Waals surface area contributed by atoms with E-state index in [4.69, 9.17) is 5.73 Å². The normalized spacial score (nSPS) is 12.2. The molecule has 0 bridgehead atoms. The number of ether oxygens (including phenoxy) is 1. The van der Waals surface area contributed by atoms with E-state index in [9.17, 15) is 4.79 Å². The molecule has 82 valence electrons. The Morgan fingerprint density at radius 3 is 2.93 bits per heavy atom. The lowest BCUT2D eigenvalue weighted by atomic mass is 10.1. The Hall–Kier alpha value is -0.870. The number of hydrogen-bond acceptors (Lipinski definition) is 3. The maximum Gasteiger partial charge on any atom is 0.322 e. The first-order valence-electron chi connectivity index (χ1n) is 4.71. The zero-order valence-corrected chi connectivity index (χ0v) is 10.2. The Morgan fingerprint density at radius 2 is 2.33 bits per heavy atom. The molecule has 1 unspecified atom stereocenters. The van der Waals surface area contributed by atoms with Crippen LogP contribution in [0.2, 0.25) is 0 Å². The highest BCUT2D eigenvalue weighted by atomic mass is 79.9. The minimum Gasteiger partial charge on any atom is -0.468 e. The van der Waals surface area contributed by atoms with Crippen LogP contribution in [0, 0.1) is 0 Å². The number of halogens is 1. The van der Waals surface area contributed by atoms with Gasteiger partial charge < -0.3 is 10.5 Å². The monoisotopic (exact) mass is 271 g/mol. The number of esters is 1. The van der Waals surface area contributed by atoms with Gasteiger partial charge in [-0.3, -0.25) is 4.79 Å². The lowest BCUT2D eigenvalue weighted by Crippen LogP contribution is -2.31. The first-order chi connectivity index (χ1) is 7.13. The topological polar surface area (TPSA) is 52.3 Å². The average Bonchev–Trinajstić information content (AvgIpc) is 2.25. The lowest BCUT2D eigenvalue weighted by molar-refractivity contribution is -0.142. The van der Waals surface area contributed by atoms with Crippen LogP contribution < -0.4 is 5.73 Å². The molecule has 0 aliphatic heterocycles. The fourth-order valence-corrected chi connectivity index (χ4v) is 1.73. The van der Waals surface area contributed by atoms with Gasteiger partial charge in [-0.15, -0.1) is 0 Å². The van der Waals surface area contributed by atoms with E-state index >= 15 is 0 Å². The van der Waals surface area contributed by atoms with Crippen molar-refractivity contribution in [2.24, 2.45) is 5.73 Å². The zero-order chi connectivity index (χ0) is 11.3. The fourth-order valence-electron chi connectivity index (χ4n) is 1.28. The van der Waals surface area contributed by atoms with Crippen molar-refractivity contribution >= 4 is 21.9 Å². The van der Waals surface area contributed by atoms with Crippen LogP contribution >= 0.6 is 15.9 Å². The summed E-state index contributed by atoms with van der Waals surface area (Å²) in [5, 5.41) is 0. The van der Waals surface area contributed by atoms with Gasteiger partial charge in [-0.25, -0.2) is 0 Å². The predicted molar refractivity (Wildman–Crippen MR) is 62.5 cm³/mol. The van der Waals surface area contributed by atoms with Crippen LogP contribution in [0.5, 0.6) is 0 Å². The maximum atomic E-state index is 11.0. The molecule has 0 saturated heterocycles. The van der Waals surface area contributed by atoms with Crippen molar-refractivity contribution in [1.29, 1.82) is 0 Å². The third kappa shape index (κ3) is 4.01. The number of aryl methyl sites for hydroxylation is 1. The van der Waals surface area contributed by atoms with Crippen molar-refractivity contribution in [2.45, 2.75) is 18.9 Å². The van der Waals surface area contributed by atoms with Gasteiger partial charge >= 0.3 is 5.97 Å². The summed E-state index contributed by atoms with van der Waals surface area (Å²) in [7, 11) is 1.35. The van der Waals surface area contributed by atoms with Crippen LogP contribution in [0.15, 0.2) is 28.7 Å². The van der Waals surface area contributed by atoms with E-state index in [1.807, 2.05) is 24.3 Å². The third-order valence-electron chi connectivity index (χ3n) is 2.14. The van der Waals surface area contributed by atoms with Gasteiger partial charge in [0.2, 0.25) is 0 Å². The average molecular weight is 272 g/mol. The van der Waals surface area contributed by atoms with E-state index in [-0.39, 0.29) is 5.97 Å². The highest BCUT2D eigenvalue weighted by Gasteiger charge is 2.12. The van der Waals surface area contributed by atoms with Crippen molar-refractivity contribution in [3.8, 4) is 0 Å². The molecule has 15 heavy (non-hydrogen) atoms. The van der Waals surface area contributed by atoms with Crippen molar-refractivity contribution in [3.05, 3.63) is 34.3 Å². The number of methoxy groups -OCH3 is 1. The van der Waals surface area contributed by atoms with Crippen LogP contribution in [0.4, 0.5) is 0 Å².